The normalized spacial score (nSPS) is 22.0. The summed E-state index contributed by atoms with van der Waals surface area (Å²) in [4.78, 5) is 18.5. The Morgan fingerprint density at radius 1 is 1.24 bits per heavy atom. The van der Waals surface area contributed by atoms with E-state index in [2.05, 4.69) is 25.4 Å². The van der Waals surface area contributed by atoms with Gasteiger partial charge < -0.3 is 10.2 Å². The molecule has 112 valence electrons. The highest BCUT2D eigenvalue weighted by Gasteiger charge is 2.40. The summed E-state index contributed by atoms with van der Waals surface area (Å²) in [5.74, 6) is 0.935. The van der Waals surface area contributed by atoms with E-state index in [4.69, 9.17) is 0 Å². The molecule has 7 heteroatoms. The molecule has 3 heterocycles. The van der Waals surface area contributed by atoms with Crippen molar-refractivity contribution in [1.82, 2.24) is 24.9 Å². The quantitative estimate of drug-likeness (QED) is 0.800. The van der Waals surface area contributed by atoms with Crippen molar-refractivity contribution in [3.8, 4) is 0 Å². The molecule has 4 rings (SSSR count). The molecule has 2 aromatic heterocycles. The van der Waals surface area contributed by atoms with E-state index in [0.717, 1.165) is 25.5 Å². The van der Waals surface area contributed by atoms with Crippen LogP contribution in [0.2, 0.25) is 0 Å². The number of anilines is 1. The van der Waals surface area contributed by atoms with Crippen molar-refractivity contribution in [2.75, 3.05) is 24.5 Å². The molecule has 1 aliphatic carbocycles. The van der Waals surface area contributed by atoms with Gasteiger partial charge in [0.25, 0.3) is 0 Å². The number of piperazine rings is 1. The zero-order chi connectivity index (χ0) is 14.3. The predicted octanol–water partition coefficient (Wildman–Crippen LogP) is 0.530. The number of hydrogen-bond acceptors (Lipinski definition) is 5. The van der Waals surface area contributed by atoms with Crippen LogP contribution < -0.4 is 15.9 Å². The second-order valence-corrected chi connectivity index (χ2v) is 6.12. The van der Waals surface area contributed by atoms with Crippen LogP contribution in [0, 0.1) is 0 Å². The summed E-state index contributed by atoms with van der Waals surface area (Å²) >= 11 is 0. The molecular weight excluding hydrogens is 268 g/mol. The lowest BCUT2D eigenvalue weighted by molar-refractivity contribution is 0.239. The van der Waals surface area contributed by atoms with Gasteiger partial charge in [0.1, 0.15) is 12.1 Å². The Hall–Kier alpha value is -1.89. The molecule has 0 radical (unpaired) electrons. The van der Waals surface area contributed by atoms with Crippen molar-refractivity contribution in [2.45, 2.75) is 37.6 Å². The Bertz CT molecular complexity index is 691. The largest absolute Gasteiger partial charge is 0.348 e. The molecule has 0 unspecified atom stereocenters. The van der Waals surface area contributed by atoms with Crippen molar-refractivity contribution >= 4 is 11.5 Å². The van der Waals surface area contributed by atoms with Gasteiger partial charge in [0.15, 0.2) is 5.65 Å². The van der Waals surface area contributed by atoms with Crippen LogP contribution in [0.3, 0.4) is 0 Å². The number of fused-ring (bicyclic) bond motifs is 1. The zero-order valence-electron chi connectivity index (χ0n) is 12.0. The fourth-order valence-corrected chi connectivity index (χ4v) is 3.81. The van der Waals surface area contributed by atoms with Crippen LogP contribution in [0.5, 0.6) is 0 Å². The fraction of sp³-hybridized carbons (Fsp3) is 0.643. The van der Waals surface area contributed by atoms with Crippen LogP contribution in [-0.4, -0.2) is 44.8 Å². The lowest BCUT2D eigenvalue weighted by Gasteiger charge is -2.50. The highest BCUT2D eigenvalue weighted by Crippen LogP contribution is 2.36. The highest BCUT2D eigenvalue weighted by atomic mass is 16.1. The fourth-order valence-electron chi connectivity index (χ4n) is 3.81. The Morgan fingerprint density at radius 3 is 2.95 bits per heavy atom. The van der Waals surface area contributed by atoms with Crippen LogP contribution in [0.15, 0.2) is 17.2 Å². The van der Waals surface area contributed by atoms with Gasteiger partial charge in [0.2, 0.25) is 0 Å². The third-order valence-electron chi connectivity index (χ3n) is 4.90. The van der Waals surface area contributed by atoms with Gasteiger partial charge in [0.05, 0.1) is 5.54 Å². The molecular formula is C14H20N6O. The van der Waals surface area contributed by atoms with Gasteiger partial charge in [-0.05, 0) is 12.8 Å². The molecule has 1 aliphatic heterocycles. The van der Waals surface area contributed by atoms with E-state index < -0.39 is 0 Å². The van der Waals surface area contributed by atoms with Gasteiger partial charge in [-0.3, -0.25) is 0 Å². The molecule has 1 saturated carbocycles. The number of H-pyrrole nitrogens is 1. The molecule has 1 spiro atoms. The molecule has 0 aromatic carbocycles. The van der Waals surface area contributed by atoms with Crippen LogP contribution in [0.25, 0.3) is 5.65 Å². The Balaban J connectivity index is 1.75. The van der Waals surface area contributed by atoms with Gasteiger partial charge in [0, 0.05) is 25.7 Å². The van der Waals surface area contributed by atoms with Crippen LogP contribution >= 0.6 is 0 Å². The number of aromatic nitrogens is 4. The van der Waals surface area contributed by atoms with Crippen LogP contribution in [0.1, 0.15) is 32.1 Å². The summed E-state index contributed by atoms with van der Waals surface area (Å²) in [5.41, 5.74) is 0.574. The van der Waals surface area contributed by atoms with E-state index in [9.17, 15) is 4.79 Å². The minimum absolute atomic E-state index is 0.179. The first-order valence-corrected chi connectivity index (χ1v) is 7.70. The third kappa shape index (κ3) is 2.03. The number of aromatic amines is 1. The summed E-state index contributed by atoms with van der Waals surface area (Å²) in [6, 6.07) is 1.92. The maximum atomic E-state index is 11.5. The molecule has 0 bridgehead atoms. The lowest BCUT2D eigenvalue weighted by Crippen LogP contribution is -2.62. The number of nitrogens with one attached hydrogen (secondary N) is 2. The maximum Gasteiger partial charge on any atom is 0.348 e. The number of hydrogen-bond donors (Lipinski definition) is 2. The van der Waals surface area contributed by atoms with Crippen molar-refractivity contribution in [1.29, 1.82) is 0 Å². The smallest absolute Gasteiger partial charge is 0.348 e. The van der Waals surface area contributed by atoms with Crippen molar-refractivity contribution in [3.05, 3.63) is 22.9 Å². The van der Waals surface area contributed by atoms with E-state index in [-0.39, 0.29) is 11.2 Å². The molecule has 2 aliphatic rings. The van der Waals surface area contributed by atoms with Crippen molar-refractivity contribution in [3.63, 3.8) is 0 Å². The molecule has 0 amide bonds. The maximum absolute atomic E-state index is 11.5. The number of rotatable bonds is 1. The topological polar surface area (TPSA) is 78.3 Å². The third-order valence-corrected chi connectivity index (χ3v) is 4.90. The van der Waals surface area contributed by atoms with E-state index >= 15 is 0 Å². The Labute approximate surface area is 122 Å². The van der Waals surface area contributed by atoms with Crippen molar-refractivity contribution in [2.24, 2.45) is 0 Å². The SMILES string of the molecule is O=c1[nH]nc2cc(N3CCNCC34CCCCC4)ncn12. The average Bonchev–Trinajstić information content (AvgIpc) is 2.89. The van der Waals surface area contributed by atoms with Gasteiger partial charge in [-0.25, -0.2) is 19.3 Å². The molecule has 21 heavy (non-hydrogen) atoms. The average molecular weight is 288 g/mol. The molecule has 2 aromatic rings. The molecule has 0 atom stereocenters. The van der Waals surface area contributed by atoms with Gasteiger partial charge in [-0.15, -0.1) is 0 Å². The first-order chi connectivity index (χ1) is 10.3. The first-order valence-electron chi connectivity index (χ1n) is 7.70. The van der Waals surface area contributed by atoms with Gasteiger partial charge >= 0.3 is 5.69 Å². The minimum atomic E-state index is -0.239. The summed E-state index contributed by atoms with van der Waals surface area (Å²) in [6.45, 7) is 2.95. The van der Waals surface area contributed by atoms with Crippen LogP contribution in [-0.2, 0) is 0 Å². The predicted molar refractivity (Wildman–Crippen MR) is 79.6 cm³/mol. The number of nitrogens with zero attached hydrogens (tertiary/aromatic N) is 4. The standard InChI is InChI=1S/C14H20N6O/c21-13-18-17-12-8-11(16-10-19(12)13)20-7-6-15-9-14(20)4-2-1-3-5-14/h8,10,15H,1-7,9H2,(H,18,21). The van der Waals surface area contributed by atoms with Gasteiger partial charge in [-0.1, -0.05) is 19.3 Å². The molecule has 1 saturated heterocycles. The molecule has 2 fully saturated rings. The Kier molecular flexibility index (Phi) is 2.95. The summed E-state index contributed by atoms with van der Waals surface area (Å²) in [5, 5.41) is 10.1. The van der Waals surface area contributed by atoms with Crippen molar-refractivity contribution < 1.29 is 0 Å². The summed E-state index contributed by atoms with van der Waals surface area (Å²) < 4.78 is 1.44. The van der Waals surface area contributed by atoms with Crippen LogP contribution in [0.4, 0.5) is 5.82 Å². The summed E-state index contributed by atoms with van der Waals surface area (Å²) in [6.07, 6.45) is 7.89. The highest BCUT2D eigenvalue weighted by molar-refractivity contribution is 5.52. The van der Waals surface area contributed by atoms with Gasteiger partial charge in [-0.2, -0.15) is 5.10 Å². The minimum Gasteiger partial charge on any atom is -0.348 e. The Morgan fingerprint density at radius 2 is 2.10 bits per heavy atom. The van der Waals surface area contributed by atoms with E-state index in [1.807, 2.05) is 6.07 Å². The first kappa shape index (κ1) is 12.8. The second kappa shape index (κ2) is 4.84. The molecule has 2 N–H and O–H groups in total. The second-order valence-electron chi connectivity index (χ2n) is 6.12. The van der Waals surface area contributed by atoms with E-state index in [0.29, 0.717) is 5.65 Å². The van der Waals surface area contributed by atoms with E-state index in [1.165, 1.54) is 36.5 Å². The lowest BCUT2D eigenvalue weighted by atomic mass is 9.79. The summed E-state index contributed by atoms with van der Waals surface area (Å²) in [7, 11) is 0. The van der Waals surface area contributed by atoms with E-state index in [1.54, 1.807) is 6.33 Å². The molecule has 7 nitrogen and oxygen atoms in total. The monoisotopic (exact) mass is 288 g/mol. The zero-order valence-corrected chi connectivity index (χ0v) is 12.0.